The molecule has 2 aliphatic heterocycles. The van der Waals surface area contributed by atoms with Gasteiger partial charge in [0.05, 0.1) is 5.52 Å². The van der Waals surface area contributed by atoms with Gasteiger partial charge in [0.1, 0.15) is 0 Å². The van der Waals surface area contributed by atoms with Crippen molar-refractivity contribution in [3.8, 4) is 0 Å². The van der Waals surface area contributed by atoms with E-state index < -0.39 is 0 Å². The molecule has 4 rings (SSSR count). The lowest BCUT2D eigenvalue weighted by Gasteiger charge is -2.21. The van der Waals surface area contributed by atoms with E-state index in [1.807, 2.05) is 6.20 Å². The molecule has 0 saturated carbocycles. The van der Waals surface area contributed by atoms with Gasteiger partial charge in [-0.2, -0.15) is 0 Å². The number of pyridine rings is 1. The number of anilines is 1. The van der Waals surface area contributed by atoms with Crippen LogP contribution in [0.25, 0.3) is 10.9 Å². The zero-order valence-electron chi connectivity index (χ0n) is 10.3. The fraction of sp³-hybridized carbons (Fsp3) is 0.400. The summed E-state index contributed by atoms with van der Waals surface area (Å²) >= 11 is 0. The van der Waals surface area contributed by atoms with Gasteiger partial charge in [-0.3, -0.25) is 4.98 Å². The third-order valence-corrected chi connectivity index (χ3v) is 4.36. The highest BCUT2D eigenvalue weighted by Gasteiger charge is 2.36. The lowest BCUT2D eigenvalue weighted by atomic mass is 10.0. The minimum atomic E-state index is 0.830. The maximum Gasteiger partial charge on any atom is 0.0722 e. The molecule has 0 radical (unpaired) electrons. The Balaban J connectivity index is 1.75. The number of rotatable bonds is 1. The van der Waals surface area contributed by atoms with E-state index in [0.717, 1.165) is 17.4 Å². The van der Waals surface area contributed by atoms with Gasteiger partial charge in [-0.25, -0.2) is 0 Å². The molecule has 0 amide bonds. The molecule has 0 unspecified atom stereocenters. The lowest BCUT2D eigenvalue weighted by Crippen LogP contribution is -2.25. The zero-order valence-corrected chi connectivity index (χ0v) is 10.3. The Morgan fingerprint density at radius 1 is 1.06 bits per heavy atom. The highest BCUT2D eigenvalue weighted by atomic mass is 15.2. The van der Waals surface area contributed by atoms with E-state index in [4.69, 9.17) is 0 Å². The molecule has 0 bridgehead atoms. The van der Waals surface area contributed by atoms with Crippen LogP contribution in [0.3, 0.4) is 0 Å². The summed E-state index contributed by atoms with van der Waals surface area (Å²) < 4.78 is 0. The molecule has 3 nitrogen and oxygen atoms in total. The topological polar surface area (TPSA) is 28.2 Å². The minimum Gasteiger partial charge on any atom is -0.370 e. The van der Waals surface area contributed by atoms with Crippen LogP contribution in [0.5, 0.6) is 0 Å². The van der Waals surface area contributed by atoms with E-state index in [0.29, 0.717) is 0 Å². The molecule has 0 spiro atoms. The number of nitrogens with zero attached hydrogens (tertiary/aromatic N) is 2. The molecule has 2 aromatic rings. The average Bonchev–Trinajstić information content (AvgIpc) is 2.99. The summed E-state index contributed by atoms with van der Waals surface area (Å²) in [5.74, 6) is 1.66. The number of benzene rings is 1. The number of fused-ring (bicyclic) bond motifs is 2. The van der Waals surface area contributed by atoms with Crippen LogP contribution >= 0.6 is 0 Å². The van der Waals surface area contributed by atoms with E-state index in [1.54, 1.807) is 0 Å². The van der Waals surface area contributed by atoms with Gasteiger partial charge >= 0.3 is 0 Å². The normalized spacial score (nSPS) is 26.8. The molecule has 3 heterocycles. The Morgan fingerprint density at radius 2 is 1.83 bits per heavy atom. The fourth-order valence-corrected chi connectivity index (χ4v) is 3.41. The second kappa shape index (κ2) is 3.95. The first-order valence-electron chi connectivity index (χ1n) is 6.71. The average molecular weight is 239 g/mol. The van der Waals surface area contributed by atoms with Gasteiger partial charge in [0.2, 0.25) is 0 Å². The van der Waals surface area contributed by atoms with Crippen molar-refractivity contribution in [1.82, 2.24) is 10.3 Å². The molecule has 2 atom stereocenters. The van der Waals surface area contributed by atoms with Crippen LogP contribution in [0.15, 0.2) is 36.5 Å². The minimum absolute atomic E-state index is 0.830. The Kier molecular flexibility index (Phi) is 2.27. The molecule has 2 saturated heterocycles. The van der Waals surface area contributed by atoms with Crippen molar-refractivity contribution in [2.75, 3.05) is 31.1 Å². The molecule has 1 aromatic heterocycles. The zero-order chi connectivity index (χ0) is 11.9. The third kappa shape index (κ3) is 1.51. The monoisotopic (exact) mass is 239 g/mol. The van der Waals surface area contributed by atoms with Gasteiger partial charge in [0, 0.05) is 43.4 Å². The van der Waals surface area contributed by atoms with Gasteiger partial charge < -0.3 is 10.2 Å². The molecule has 1 N–H and O–H groups in total. The molecule has 2 aliphatic rings. The van der Waals surface area contributed by atoms with Crippen molar-refractivity contribution in [3.63, 3.8) is 0 Å². The SMILES string of the molecule is c1ccc2c(N3C[C@H]4CNC[C@H]4C3)ccnc2c1. The second-order valence-electron chi connectivity index (χ2n) is 5.43. The summed E-state index contributed by atoms with van der Waals surface area (Å²) in [7, 11) is 0. The summed E-state index contributed by atoms with van der Waals surface area (Å²) in [6.07, 6.45) is 1.93. The summed E-state index contributed by atoms with van der Waals surface area (Å²) in [4.78, 5) is 6.99. The van der Waals surface area contributed by atoms with E-state index in [1.165, 1.54) is 37.3 Å². The molecule has 0 aliphatic carbocycles. The van der Waals surface area contributed by atoms with E-state index in [9.17, 15) is 0 Å². The molecule has 92 valence electrons. The quantitative estimate of drug-likeness (QED) is 0.823. The van der Waals surface area contributed by atoms with Crippen LogP contribution in [0.1, 0.15) is 0 Å². The third-order valence-electron chi connectivity index (χ3n) is 4.36. The van der Waals surface area contributed by atoms with Gasteiger partial charge in [-0.1, -0.05) is 18.2 Å². The predicted molar refractivity (Wildman–Crippen MR) is 73.8 cm³/mol. The number of nitrogens with one attached hydrogen (secondary N) is 1. The molecule has 18 heavy (non-hydrogen) atoms. The molecular weight excluding hydrogens is 222 g/mol. The summed E-state index contributed by atoms with van der Waals surface area (Å²) in [6, 6.07) is 10.6. The van der Waals surface area contributed by atoms with Crippen LogP contribution in [-0.2, 0) is 0 Å². The van der Waals surface area contributed by atoms with Gasteiger partial charge in [-0.05, 0) is 24.0 Å². The summed E-state index contributed by atoms with van der Waals surface area (Å²) in [5, 5.41) is 4.78. The largest absolute Gasteiger partial charge is 0.370 e. The second-order valence-corrected chi connectivity index (χ2v) is 5.43. The number of hydrogen-bond donors (Lipinski definition) is 1. The van der Waals surface area contributed by atoms with Crippen LogP contribution in [0.4, 0.5) is 5.69 Å². The first-order valence-corrected chi connectivity index (χ1v) is 6.71. The Labute approximate surface area is 107 Å². The standard InChI is InChI=1S/C15H17N3/c1-2-4-14-13(3-1)15(5-6-17-14)18-9-11-7-16-8-12(11)10-18/h1-6,11-12,16H,7-10H2/t11-,12+. The number of para-hydroxylation sites is 1. The highest BCUT2D eigenvalue weighted by Crippen LogP contribution is 2.33. The number of aromatic nitrogens is 1. The number of hydrogen-bond acceptors (Lipinski definition) is 3. The van der Waals surface area contributed by atoms with Crippen LogP contribution < -0.4 is 10.2 Å². The Morgan fingerprint density at radius 3 is 2.67 bits per heavy atom. The van der Waals surface area contributed by atoms with Crippen molar-refractivity contribution in [2.24, 2.45) is 11.8 Å². The molecule has 1 aromatic carbocycles. The highest BCUT2D eigenvalue weighted by molar-refractivity contribution is 5.91. The fourth-order valence-electron chi connectivity index (χ4n) is 3.41. The Hall–Kier alpha value is -1.61. The van der Waals surface area contributed by atoms with Crippen molar-refractivity contribution in [3.05, 3.63) is 36.5 Å². The van der Waals surface area contributed by atoms with Crippen LogP contribution in [-0.4, -0.2) is 31.2 Å². The van der Waals surface area contributed by atoms with Crippen LogP contribution in [0, 0.1) is 11.8 Å². The lowest BCUT2D eigenvalue weighted by molar-refractivity contribution is 0.533. The van der Waals surface area contributed by atoms with Gasteiger partial charge in [-0.15, -0.1) is 0 Å². The summed E-state index contributed by atoms with van der Waals surface area (Å²) in [5.41, 5.74) is 2.46. The van der Waals surface area contributed by atoms with E-state index in [2.05, 4.69) is 45.5 Å². The summed E-state index contributed by atoms with van der Waals surface area (Å²) in [6.45, 7) is 4.74. The van der Waals surface area contributed by atoms with Crippen molar-refractivity contribution in [1.29, 1.82) is 0 Å². The Bertz CT molecular complexity index is 563. The van der Waals surface area contributed by atoms with Crippen molar-refractivity contribution < 1.29 is 0 Å². The van der Waals surface area contributed by atoms with E-state index >= 15 is 0 Å². The molecule has 2 fully saturated rings. The van der Waals surface area contributed by atoms with Gasteiger partial charge in [0.25, 0.3) is 0 Å². The first-order chi connectivity index (χ1) is 8.92. The van der Waals surface area contributed by atoms with Crippen molar-refractivity contribution in [2.45, 2.75) is 0 Å². The smallest absolute Gasteiger partial charge is 0.0722 e. The maximum absolute atomic E-state index is 4.45. The van der Waals surface area contributed by atoms with E-state index in [-0.39, 0.29) is 0 Å². The van der Waals surface area contributed by atoms with Gasteiger partial charge in [0.15, 0.2) is 0 Å². The predicted octanol–water partition coefficient (Wildman–Crippen LogP) is 1.89. The van der Waals surface area contributed by atoms with Crippen molar-refractivity contribution >= 4 is 16.6 Å². The van der Waals surface area contributed by atoms with Crippen LogP contribution in [0.2, 0.25) is 0 Å². The first kappa shape index (κ1) is 10.3. The maximum atomic E-state index is 4.45. The molecule has 3 heteroatoms. The molecular formula is C15H17N3.